The molecule has 3 heterocycles. The number of benzene rings is 8. The molecular formula is C61H44N6. The summed E-state index contributed by atoms with van der Waals surface area (Å²) < 4.78 is 4.54. The lowest BCUT2D eigenvalue weighted by atomic mass is 9.82. The van der Waals surface area contributed by atoms with Crippen molar-refractivity contribution in [2.75, 3.05) is 0 Å². The topological polar surface area (TPSA) is 61.4 Å². The third kappa shape index (κ3) is 6.39. The molecule has 318 valence electrons. The minimum absolute atomic E-state index is 0.186. The summed E-state index contributed by atoms with van der Waals surface area (Å²) in [5.41, 5.74) is 19.2. The van der Waals surface area contributed by atoms with E-state index in [-0.39, 0.29) is 5.41 Å². The van der Waals surface area contributed by atoms with E-state index in [9.17, 15) is 0 Å². The Labute approximate surface area is 389 Å². The predicted octanol–water partition coefficient (Wildman–Crippen LogP) is 14.6. The van der Waals surface area contributed by atoms with Gasteiger partial charge in [0.1, 0.15) is 5.82 Å². The number of allylic oxidation sites excluding steroid dienone is 1. The Bertz CT molecular complexity index is 3770. The number of aromatic nitrogens is 6. The van der Waals surface area contributed by atoms with Crippen molar-refractivity contribution >= 4 is 33.6 Å². The molecule has 13 rings (SSSR count). The summed E-state index contributed by atoms with van der Waals surface area (Å²) in [5.74, 6) is 2.68. The Morgan fingerprint density at radius 2 is 1.07 bits per heavy atom. The predicted molar refractivity (Wildman–Crippen MR) is 273 cm³/mol. The van der Waals surface area contributed by atoms with Crippen LogP contribution >= 0.6 is 0 Å². The largest absolute Gasteiger partial charge is 0.292 e. The molecule has 0 fully saturated rings. The van der Waals surface area contributed by atoms with Gasteiger partial charge in [0.2, 0.25) is 5.95 Å². The lowest BCUT2D eigenvalue weighted by Gasteiger charge is -2.22. The van der Waals surface area contributed by atoms with E-state index in [1.807, 2.05) is 12.1 Å². The molecule has 0 radical (unpaired) electrons. The molecule has 0 saturated heterocycles. The number of hydrogen-bond donors (Lipinski definition) is 0. The summed E-state index contributed by atoms with van der Waals surface area (Å²) in [6, 6.07) is 71.0. The van der Waals surface area contributed by atoms with Gasteiger partial charge in [0.15, 0.2) is 11.6 Å². The second kappa shape index (κ2) is 15.3. The zero-order valence-corrected chi connectivity index (χ0v) is 37.2. The quantitative estimate of drug-likeness (QED) is 0.160. The number of para-hydroxylation sites is 3. The third-order valence-electron chi connectivity index (χ3n) is 13.9. The van der Waals surface area contributed by atoms with Gasteiger partial charge in [0, 0.05) is 44.4 Å². The molecule has 2 aliphatic carbocycles. The number of nitrogens with zero attached hydrogens (tertiary/aromatic N) is 6. The molecule has 8 aromatic carbocycles. The molecule has 6 nitrogen and oxygen atoms in total. The van der Waals surface area contributed by atoms with Crippen LogP contribution in [0.1, 0.15) is 48.2 Å². The number of hydrogen-bond acceptors (Lipinski definition) is 4. The summed E-state index contributed by atoms with van der Waals surface area (Å²) in [6.45, 7) is 4.64. The van der Waals surface area contributed by atoms with Crippen LogP contribution in [0.15, 0.2) is 200 Å². The average molecular weight is 861 g/mol. The zero-order chi connectivity index (χ0) is 44.6. The third-order valence-corrected chi connectivity index (χ3v) is 13.9. The zero-order valence-electron chi connectivity index (χ0n) is 37.2. The van der Waals surface area contributed by atoms with Crippen LogP contribution in [-0.4, -0.2) is 29.1 Å². The summed E-state index contributed by atoms with van der Waals surface area (Å²) in [4.78, 5) is 21.6. The molecule has 2 aliphatic rings. The SMILES string of the molecule is CC1(C)c2ccccc2-c2ccc(-c3nc(-c4cccc(-c5nc6ccccc6n5-c5ccccc5)c4)nc(-n4c5c(c6cc(-c7ccccc7)ccc64)C=C(c4ccccc4)CC5)n3)cc21. The highest BCUT2D eigenvalue weighted by Crippen LogP contribution is 2.49. The Kier molecular flexibility index (Phi) is 8.90. The first-order valence-corrected chi connectivity index (χ1v) is 23.1. The molecule has 6 heteroatoms. The van der Waals surface area contributed by atoms with Crippen molar-refractivity contribution in [3.63, 3.8) is 0 Å². The van der Waals surface area contributed by atoms with Gasteiger partial charge in [-0.3, -0.25) is 9.13 Å². The molecule has 3 aromatic heterocycles. The summed E-state index contributed by atoms with van der Waals surface area (Å²) in [7, 11) is 0. The van der Waals surface area contributed by atoms with Crippen LogP contribution < -0.4 is 0 Å². The van der Waals surface area contributed by atoms with Gasteiger partial charge in [-0.25, -0.2) is 9.97 Å². The monoisotopic (exact) mass is 860 g/mol. The van der Waals surface area contributed by atoms with Crippen molar-refractivity contribution in [3.8, 4) is 68.1 Å². The molecule has 0 spiro atoms. The van der Waals surface area contributed by atoms with E-state index < -0.39 is 0 Å². The van der Waals surface area contributed by atoms with Crippen molar-refractivity contribution in [2.24, 2.45) is 0 Å². The highest BCUT2D eigenvalue weighted by molar-refractivity contribution is 6.00. The first kappa shape index (κ1) is 38.9. The van der Waals surface area contributed by atoms with Gasteiger partial charge in [-0.05, 0) is 112 Å². The van der Waals surface area contributed by atoms with Crippen LogP contribution in [0.25, 0.3) is 102 Å². The van der Waals surface area contributed by atoms with Crippen molar-refractivity contribution in [1.82, 2.24) is 29.1 Å². The van der Waals surface area contributed by atoms with Crippen LogP contribution in [0, 0.1) is 0 Å². The highest BCUT2D eigenvalue weighted by atomic mass is 15.2. The highest BCUT2D eigenvalue weighted by Gasteiger charge is 2.35. The van der Waals surface area contributed by atoms with Gasteiger partial charge in [-0.2, -0.15) is 9.97 Å². The van der Waals surface area contributed by atoms with Crippen molar-refractivity contribution in [2.45, 2.75) is 32.1 Å². The van der Waals surface area contributed by atoms with E-state index >= 15 is 0 Å². The molecule has 0 saturated carbocycles. The Balaban J connectivity index is 1.04. The van der Waals surface area contributed by atoms with Crippen LogP contribution in [0.4, 0.5) is 0 Å². The maximum absolute atomic E-state index is 5.48. The van der Waals surface area contributed by atoms with E-state index in [0.29, 0.717) is 17.6 Å². The maximum Gasteiger partial charge on any atom is 0.238 e. The standard InChI is InChI=1S/C61H44N6/c1-61(2)51-26-13-12-25-47(51)48-32-29-44(38-52(48)61)58-63-57(43-21-16-22-45(35-43)59-62-53-27-14-15-28-56(53)66(59)46-23-10-5-11-24-46)64-60(65-58)67-54-33-30-41(39-17-6-3-7-18-39)36-49(54)50-37-42(31-34-55(50)67)40-19-8-4-9-20-40/h3-30,32-33,35-38H,31,34H2,1-2H3. The van der Waals surface area contributed by atoms with Crippen molar-refractivity contribution < 1.29 is 0 Å². The van der Waals surface area contributed by atoms with E-state index in [2.05, 4.69) is 217 Å². The fourth-order valence-corrected chi connectivity index (χ4v) is 10.6. The lowest BCUT2D eigenvalue weighted by Crippen LogP contribution is -2.15. The second-order valence-corrected chi connectivity index (χ2v) is 18.2. The normalized spacial score (nSPS) is 13.6. The first-order chi connectivity index (χ1) is 33.0. The minimum Gasteiger partial charge on any atom is -0.292 e. The van der Waals surface area contributed by atoms with Gasteiger partial charge >= 0.3 is 0 Å². The molecule has 0 N–H and O–H groups in total. The average Bonchev–Trinajstić information content (AvgIpc) is 4.02. The van der Waals surface area contributed by atoms with Gasteiger partial charge < -0.3 is 0 Å². The van der Waals surface area contributed by atoms with E-state index in [4.69, 9.17) is 19.9 Å². The number of fused-ring (bicyclic) bond motifs is 7. The molecule has 0 amide bonds. The molecule has 67 heavy (non-hydrogen) atoms. The van der Waals surface area contributed by atoms with Gasteiger partial charge in [-0.15, -0.1) is 0 Å². The fourth-order valence-electron chi connectivity index (χ4n) is 10.6. The van der Waals surface area contributed by atoms with Gasteiger partial charge in [0.25, 0.3) is 0 Å². The summed E-state index contributed by atoms with van der Waals surface area (Å²) in [5, 5.41) is 1.17. The molecule has 0 unspecified atom stereocenters. The van der Waals surface area contributed by atoms with Gasteiger partial charge in [-0.1, -0.05) is 166 Å². The van der Waals surface area contributed by atoms with E-state index in [1.165, 1.54) is 61.2 Å². The Morgan fingerprint density at radius 3 is 1.88 bits per heavy atom. The molecule has 0 atom stereocenters. The number of rotatable bonds is 7. The first-order valence-electron chi connectivity index (χ1n) is 23.1. The second-order valence-electron chi connectivity index (χ2n) is 18.2. The van der Waals surface area contributed by atoms with Crippen LogP contribution in [0.3, 0.4) is 0 Å². The van der Waals surface area contributed by atoms with E-state index in [1.54, 1.807) is 0 Å². The van der Waals surface area contributed by atoms with Crippen molar-refractivity contribution in [3.05, 3.63) is 228 Å². The van der Waals surface area contributed by atoms with Gasteiger partial charge in [0.05, 0.1) is 16.6 Å². The summed E-state index contributed by atoms with van der Waals surface area (Å²) in [6.07, 6.45) is 4.13. The molecule has 0 bridgehead atoms. The Morgan fingerprint density at radius 1 is 0.433 bits per heavy atom. The van der Waals surface area contributed by atoms with Crippen LogP contribution in [0.5, 0.6) is 0 Å². The maximum atomic E-state index is 5.48. The molecule has 11 aromatic rings. The fraction of sp³-hybridized carbons (Fsp3) is 0.0820. The number of imidazole rings is 1. The van der Waals surface area contributed by atoms with E-state index in [0.717, 1.165) is 57.6 Å². The minimum atomic E-state index is -0.186. The molecule has 0 aliphatic heterocycles. The molecular weight excluding hydrogens is 817 g/mol. The Hall–Kier alpha value is -8.48. The van der Waals surface area contributed by atoms with Crippen molar-refractivity contribution in [1.29, 1.82) is 0 Å². The van der Waals surface area contributed by atoms with Crippen LogP contribution in [-0.2, 0) is 11.8 Å². The summed E-state index contributed by atoms with van der Waals surface area (Å²) >= 11 is 0. The smallest absolute Gasteiger partial charge is 0.238 e. The lowest BCUT2D eigenvalue weighted by molar-refractivity contribution is 0.660. The van der Waals surface area contributed by atoms with Crippen LogP contribution in [0.2, 0.25) is 0 Å².